The molecule has 0 saturated carbocycles. The van der Waals surface area contributed by atoms with Gasteiger partial charge in [0.1, 0.15) is 24.9 Å². The van der Waals surface area contributed by atoms with E-state index in [-0.39, 0.29) is 27.5 Å². The van der Waals surface area contributed by atoms with E-state index in [1.807, 2.05) is 0 Å². The normalized spacial score (nSPS) is 27.3. The summed E-state index contributed by atoms with van der Waals surface area (Å²) in [5, 5.41) is 38.8. The van der Waals surface area contributed by atoms with Gasteiger partial charge in [0, 0.05) is 38.5 Å². The third-order valence-electron chi connectivity index (χ3n) is 6.49. The highest BCUT2D eigenvalue weighted by Gasteiger charge is 2.49. The molecule has 2 aliphatic heterocycles. The van der Waals surface area contributed by atoms with Crippen LogP contribution < -0.4 is 0 Å². The van der Waals surface area contributed by atoms with Gasteiger partial charge in [0.15, 0.2) is 31.0 Å². The number of carbonyl (C=O) groups is 2. The number of hydrogen-bond acceptors (Lipinski definition) is 14. The number of benzene rings is 2. The van der Waals surface area contributed by atoms with Gasteiger partial charge in [0.25, 0.3) is 11.4 Å². The standard InChI is InChI=1S/C20H16ClFN2O10.C6H11FO4/c1-31-20-16(22)17(34-19(26)13-7-6-12(24(29)30)8-14(13)21)15(33-20)9-32-18(25)10-2-4-11(5-3-10)23(27)28;1-10-6-4(7)5(9)3(2-8)11-6/h2-8,15-17,20H,9H2,1H3;3-6,8-9H,2H2,1H3/t15-,16+,17-,20?;3-,4+,5-,6?/m11/s1. The zero-order valence-corrected chi connectivity index (χ0v) is 24.2. The van der Waals surface area contributed by atoms with Crippen LogP contribution >= 0.6 is 11.6 Å². The van der Waals surface area contributed by atoms with Crippen LogP contribution in [-0.4, -0.2) is 109 Å². The lowest BCUT2D eigenvalue weighted by atomic mass is 10.1. The molecule has 0 radical (unpaired) electrons. The highest BCUT2D eigenvalue weighted by molar-refractivity contribution is 6.33. The number of methoxy groups -OCH3 is 2. The Balaban J connectivity index is 0.000000423. The molecule has 8 atom stereocenters. The van der Waals surface area contributed by atoms with Crippen LogP contribution in [0, 0.1) is 20.2 Å². The van der Waals surface area contributed by atoms with Gasteiger partial charge < -0.3 is 38.6 Å². The Morgan fingerprint density at radius 2 is 1.47 bits per heavy atom. The SMILES string of the molecule is COC1O[C@H](CO)[C@@H](O)[C@@H]1F.COC1O[C@H](COC(=O)c2ccc([N+](=O)[O-])cc2)[C@@H](OC(=O)c2ccc([N+](=O)[O-])cc2Cl)[C@@H]1F. The van der Waals surface area contributed by atoms with Crippen molar-refractivity contribution in [2.45, 2.75) is 49.3 Å². The van der Waals surface area contributed by atoms with Crippen molar-refractivity contribution in [1.82, 2.24) is 0 Å². The number of nitro benzene ring substituents is 2. The number of esters is 2. The quantitative estimate of drug-likeness (QED) is 0.212. The number of rotatable bonds is 10. The van der Waals surface area contributed by atoms with E-state index in [4.69, 9.17) is 45.5 Å². The van der Waals surface area contributed by atoms with Crippen LogP contribution in [0.2, 0.25) is 5.02 Å². The van der Waals surface area contributed by atoms with Crippen molar-refractivity contribution in [3.05, 3.63) is 78.8 Å². The van der Waals surface area contributed by atoms with Gasteiger partial charge in [-0.25, -0.2) is 18.4 Å². The van der Waals surface area contributed by atoms with E-state index in [0.29, 0.717) is 0 Å². The minimum absolute atomic E-state index is 0.00473. The number of nitrogens with zero attached hydrogens (tertiary/aromatic N) is 2. The maximum Gasteiger partial charge on any atom is 0.340 e. The summed E-state index contributed by atoms with van der Waals surface area (Å²) in [6.07, 6.45) is -11.0. The Hall–Kier alpha value is -3.91. The van der Waals surface area contributed by atoms with Crippen molar-refractivity contribution < 1.29 is 66.9 Å². The van der Waals surface area contributed by atoms with E-state index in [1.54, 1.807) is 0 Å². The Labute approximate surface area is 257 Å². The molecule has 16 nitrogen and oxygen atoms in total. The number of non-ortho nitro benzene ring substituents is 2. The van der Waals surface area contributed by atoms with Gasteiger partial charge in [-0.2, -0.15) is 0 Å². The maximum atomic E-state index is 14.8. The fourth-order valence-corrected chi connectivity index (χ4v) is 4.36. The topological polar surface area (TPSA) is 216 Å². The molecule has 0 bridgehead atoms. The summed E-state index contributed by atoms with van der Waals surface area (Å²) in [5.41, 5.74) is -0.836. The first-order valence-corrected chi connectivity index (χ1v) is 13.2. The Morgan fingerprint density at radius 1 is 0.911 bits per heavy atom. The van der Waals surface area contributed by atoms with Crippen LogP contribution in [-0.2, 0) is 28.4 Å². The van der Waals surface area contributed by atoms with E-state index < -0.39 is 84.3 Å². The van der Waals surface area contributed by atoms with Crippen LogP contribution in [0.5, 0.6) is 0 Å². The number of alkyl halides is 2. The minimum atomic E-state index is -1.95. The molecule has 0 amide bonds. The fourth-order valence-electron chi connectivity index (χ4n) is 4.11. The largest absolute Gasteiger partial charge is 0.459 e. The van der Waals surface area contributed by atoms with Crippen molar-refractivity contribution >= 4 is 34.9 Å². The molecule has 2 N–H and O–H groups in total. The lowest BCUT2D eigenvalue weighted by molar-refractivity contribution is -0.385. The molecule has 2 unspecified atom stereocenters. The monoisotopic (exact) mass is 664 g/mol. The first-order valence-electron chi connectivity index (χ1n) is 12.8. The summed E-state index contributed by atoms with van der Waals surface area (Å²) < 4.78 is 57.4. The summed E-state index contributed by atoms with van der Waals surface area (Å²) in [6, 6.07) is 7.61. The minimum Gasteiger partial charge on any atom is -0.459 e. The van der Waals surface area contributed by atoms with Crippen molar-refractivity contribution in [1.29, 1.82) is 0 Å². The average molecular weight is 665 g/mol. The highest BCUT2D eigenvalue weighted by atomic mass is 35.5. The van der Waals surface area contributed by atoms with E-state index in [1.165, 1.54) is 19.2 Å². The second-order valence-corrected chi connectivity index (χ2v) is 9.72. The molecular weight excluding hydrogens is 638 g/mol. The Kier molecular flexibility index (Phi) is 12.6. The van der Waals surface area contributed by atoms with Gasteiger partial charge in [-0.15, -0.1) is 0 Å². The Morgan fingerprint density at radius 3 is 1.96 bits per heavy atom. The number of ether oxygens (including phenoxy) is 6. The third-order valence-corrected chi connectivity index (χ3v) is 6.80. The summed E-state index contributed by atoms with van der Waals surface area (Å²) in [7, 11) is 2.44. The van der Waals surface area contributed by atoms with Gasteiger partial charge in [-0.1, -0.05) is 11.6 Å². The molecule has 45 heavy (non-hydrogen) atoms. The molecule has 2 aromatic carbocycles. The first-order chi connectivity index (χ1) is 21.3. The molecule has 4 rings (SSSR count). The van der Waals surface area contributed by atoms with Gasteiger partial charge in [-0.05, 0) is 18.2 Å². The molecule has 2 fully saturated rings. The van der Waals surface area contributed by atoms with Gasteiger partial charge in [0.2, 0.25) is 0 Å². The lowest BCUT2D eigenvalue weighted by Gasteiger charge is -2.20. The van der Waals surface area contributed by atoms with Crippen LogP contribution in [0.15, 0.2) is 42.5 Å². The van der Waals surface area contributed by atoms with Gasteiger partial charge in [-0.3, -0.25) is 20.2 Å². The van der Waals surface area contributed by atoms with E-state index in [0.717, 1.165) is 37.4 Å². The van der Waals surface area contributed by atoms with Crippen LogP contribution in [0.4, 0.5) is 20.2 Å². The predicted molar refractivity (Wildman–Crippen MR) is 145 cm³/mol. The first kappa shape index (κ1) is 35.6. The summed E-state index contributed by atoms with van der Waals surface area (Å²) in [5.74, 6) is -1.96. The molecule has 2 saturated heterocycles. The molecular formula is C26H27ClF2N2O14. The molecule has 0 aliphatic carbocycles. The zero-order chi connectivity index (χ0) is 33.4. The van der Waals surface area contributed by atoms with Crippen molar-refractivity contribution in [2.75, 3.05) is 27.4 Å². The van der Waals surface area contributed by atoms with Crippen molar-refractivity contribution in [3.8, 4) is 0 Å². The van der Waals surface area contributed by atoms with Crippen molar-refractivity contribution in [3.63, 3.8) is 0 Å². The number of aliphatic hydroxyl groups excluding tert-OH is 2. The average Bonchev–Trinajstić information content (AvgIpc) is 3.49. The summed E-state index contributed by atoms with van der Waals surface area (Å²) >= 11 is 5.92. The highest BCUT2D eigenvalue weighted by Crippen LogP contribution is 2.30. The molecule has 2 aromatic rings. The number of hydrogen-bond donors (Lipinski definition) is 2. The number of halogens is 3. The number of nitro groups is 2. The molecule has 2 heterocycles. The predicted octanol–water partition coefficient (Wildman–Crippen LogP) is 2.30. The summed E-state index contributed by atoms with van der Waals surface area (Å²) in [4.78, 5) is 45.0. The van der Waals surface area contributed by atoms with Gasteiger partial charge >= 0.3 is 11.9 Å². The molecule has 0 spiro atoms. The second kappa shape index (κ2) is 15.9. The second-order valence-electron chi connectivity index (χ2n) is 9.31. The third kappa shape index (κ3) is 8.63. The lowest BCUT2D eigenvalue weighted by Crippen LogP contribution is -2.37. The Bertz CT molecular complexity index is 1350. The smallest absolute Gasteiger partial charge is 0.340 e. The molecule has 246 valence electrons. The molecule has 19 heteroatoms. The van der Waals surface area contributed by atoms with Crippen LogP contribution in [0.3, 0.4) is 0 Å². The molecule has 0 aromatic heterocycles. The van der Waals surface area contributed by atoms with E-state index in [2.05, 4.69) is 4.74 Å². The maximum absolute atomic E-state index is 14.8. The van der Waals surface area contributed by atoms with E-state index >= 15 is 0 Å². The van der Waals surface area contributed by atoms with Crippen LogP contribution in [0.25, 0.3) is 0 Å². The summed E-state index contributed by atoms with van der Waals surface area (Å²) in [6.45, 7) is -0.941. The number of aliphatic hydroxyl groups is 2. The zero-order valence-electron chi connectivity index (χ0n) is 23.4. The van der Waals surface area contributed by atoms with Crippen molar-refractivity contribution in [2.24, 2.45) is 0 Å². The van der Waals surface area contributed by atoms with E-state index in [9.17, 15) is 38.6 Å². The fraction of sp³-hybridized carbons (Fsp3) is 0.462. The van der Waals surface area contributed by atoms with Gasteiger partial charge in [0.05, 0.1) is 32.6 Å². The number of carbonyl (C=O) groups excluding carboxylic acids is 2. The molecule has 2 aliphatic rings. The van der Waals surface area contributed by atoms with Crippen LogP contribution in [0.1, 0.15) is 20.7 Å².